The molecule has 1 fully saturated rings. The van der Waals surface area contributed by atoms with E-state index in [1.54, 1.807) is 0 Å². The molecule has 1 rings (SSSR count). The normalized spacial score (nSPS) is 22.9. The number of allylic oxidation sites excluding steroid dienone is 4. The molecule has 1 aliphatic rings. The van der Waals surface area contributed by atoms with Gasteiger partial charge in [0, 0.05) is 12.8 Å². The second-order valence-electron chi connectivity index (χ2n) is 15.6. The second-order valence-corrected chi connectivity index (χ2v) is 17.0. The van der Waals surface area contributed by atoms with Crippen LogP contribution in [0.5, 0.6) is 0 Å². The summed E-state index contributed by atoms with van der Waals surface area (Å²) in [6.45, 7) is 3.22. The Labute approximate surface area is 343 Å². The van der Waals surface area contributed by atoms with Gasteiger partial charge in [0.2, 0.25) is 0 Å². The lowest BCUT2D eigenvalue weighted by Crippen LogP contribution is -2.64. The Balaban J connectivity index is 2.48. The first-order chi connectivity index (χ1) is 27.4. The standard InChI is InChI=1S/C43H79O13P/c1-3-5-7-9-11-13-15-17-18-20-21-23-25-27-29-31-36(44)53-33-35(34-54-57(51,52)56-43-41(49)39(47)38(46)40(48)42(43)50)55-37(45)32-30-28-26-24-22-19-16-14-12-10-8-6-4-2/h8,10,14,16,35,38-43,46-50H,3-7,9,11-13,15,17-34H2,1-2H3,(H,51,52)/b10-8-,16-14-. The number of rotatable bonds is 36. The number of carbonyl (C=O) groups is 2. The summed E-state index contributed by atoms with van der Waals surface area (Å²) in [6, 6.07) is 0. The third-order valence-electron chi connectivity index (χ3n) is 10.3. The van der Waals surface area contributed by atoms with Crippen molar-refractivity contribution in [3.63, 3.8) is 0 Å². The van der Waals surface area contributed by atoms with E-state index >= 15 is 0 Å². The van der Waals surface area contributed by atoms with E-state index in [0.29, 0.717) is 12.8 Å². The second kappa shape index (κ2) is 34.1. The first-order valence-electron chi connectivity index (χ1n) is 22.1. The Morgan fingerprint density at radius 2 is 0.982 bits per heavy atom. The molecule has 0 amide bonds. The maximum atomic E-state index is 12.8. The molecule has 0 bridgehead atoms. The fourth-order valence-corrected chi connectivity index (χ4v) is 7.65. The minimum absolute atomic E-state index is 0.0828. The molecule has 57 heavy (non-hydrogen) atoms. The number of aliphatic hydroxyl groups is 5. The summed E-state index contributed by atoms with van der Waals surface area (Å²) in [7, 11) is -5.11. The van der Waals surface area contributed by atoms with Crippen LogP contribution >= 0.6 is 7.82 Å². The fourth-order valence-electron chi connectivity index (χ4n) is 6.68. The van der Waals surface area contributed by atoms with Crippen LogP contribution < -0.4 is 0 Å². The van der Waals surface area contributed by atoms with Crippen molar-refractivity contribution in [2.45, 2.75) is 224 Å². The van der Waals surface area contributed by atoms with Gasteiger partial charge in [-0.2, -0.15) is 0 Å². The van der Waals surface area contributed by atoms with Gasteiger partial charge < -0.3 is 39.9 Å². The van der Waals surface area contributed by atoms with Crippen molar-refractivity contribution in [2.24, 2.45) is 0 Å². The van der Waals surface area contributed by atoms with Crippen LogP contribution in [0.3, 0.4) is 0 Å². The molecule has 0 radical (unpaired) electrons. The van der Waals surface area contributed by atoms with Crippen molar-refractivity contribution >= 4 is 19.8 Å². The highest BCUT2D eigenvalue weighted by Crippen LogP contribution is 2.47. The highest BCUT2D eigenvalue weighted by atomic mass is 31.2. The molecule has 14 heteroatoms. The minimum Gasteiger partial charge on any atom is -0.462 e. The number of hydrogen-bond acceptors (Lipinski definition) is 12. The van der Waals surface area contributed by atoms with Crippen molar-refractivity contribution in [3.8, 4) is 0 Å². The van der Waals surface area contributed by atoms with Gasteiger partial charge in [0.05, 0.1) is 6.61 Å². The molecule has 334 valence electrons. The van der Waals surface area contributed by atoms with E-state index in [9.17, 15) is 44.6 Å². The summed E-state index contributed by atoms with van der Waals surface area (Å²) in [5.74, 6) is -1.11. The quantitative estimate of drug-likeness (QED) is 0.0153. The number of carbonyl (C=O) groups excluding carboxylic acids is 2. The average molecular weight is 835 g/mol. The molecule has 0 aromatic carbocycles. The SMILES string of the molecule is CCC/C=C\C/C=C\CCCCCCCC(=O)OC(COC(=O)CCCCCCCCCCCCCCCCC)COP(=O)(O)OC1C(O)C(O)C(O)C(O)C1O. The van der Waals surface area contributed by atoms with E-state index in [-0.39, 0.29) is 12.8 Å². The van der Waals surface area contributed by atoms with Crippen LogP contribution in [-0.4, -0.2) is 98.3 Å². The molecule has 0 aliphatic heterocycles. The van der Waals surface area contributed by atoms with Crippen LogP contribution in [-0.2, 0) is 32.7 Å². The van der Waals surface area contributed by atoms with Crippen LogP contribution in [0.4, 0.5) is 0 Å². The van der Waals surface area contributed by atoms with Gasteiger partial charge >= 0.3 is 19.8 Å². The van der Waals surface area contributed by atoms with Crippen molar-refractivity contribution in [2.75, 3.05) is 13.2 Å². The summed E-state index contributed by atoms with van der Waals surface area (Å²) in [4.78, 5) is 35.6. The third-order valence-corrected chi connectivity index (χ3v) is 11.3. The maximum Gasteiger partial charge on any atom is 0.472 e. The van der Waals surface area contributed by atoms with Gasteiger partial charge in [0.25, 0.3) is 0 Å². The van der Waals surface area contributed by atoms with Gasteiger partial charge in [0.15, 0.2) is 6.10 Å². The molecular formula is C43H79O13P. The van der Waals surface area contributed by atoms with Crippen LogP contribution in [0.25, 0.3) is 0 Å². The van der Waals surface area contributed by atoms with E-state index in [0.717, 1.165) is 70.6 Å². The number of ether oxygens (including phenoxy) is 2. The Hall–Kier alpha value is -1.67. The predicted octanol–water partition coefficient (Wildman–Crippen LogP) is 8.06. The lowest BCUT2D eigenvalue weighted by molar-refractivity contribution is -0.220. The number of unbranched alkanes of at least 4 members (excludes halogenated alkanes) is 20. The van der Waals surface area contributed by atoms with E-state index < -0.39 is 75.7 Å². The Bertz CT molecular complexity index is 1100. The van der Waals surface area contributed by atoms with Crippen molar-refractivity contribution in [3.05, 3.63) is 24.3 Å². The molecule has 0 aromatic rings. The zero-order valence-electron chi connectivity index (χ0n) is 35.1. The predicted molar refractivity (Wildman–Crippen MR) is 221 cm³/mol. The summed E-state index contributed by atoms with van der Waals surface area (Å²) < 4.78 is 33.4. The van der Waals surface area contributed by atoms with Crippen LogP contribution in [0.15, 0.2) is 24.3 Å². The number of aliphatic hydroxyl groups excluding tert-OH is 5. The first-order valence-corrected chi connectivity index (χ1v) is 23.6. The smallest absolute Gasteiger partial charge is 0.462 e. The van der Waals surface area contributed by atoms with Crippen molar-refractivity contribution in [1.82, 2.24) is 0 Å². The number of hydrogen-bond donors (Lipinski definition) is 6. The van der Waals surface area contributed by atoms with Gasteiger partial charge in [-0.3, -0.25) is 18.6 Å². The molecule has 6 N–H and O–H groups in total. The molecule has 6 atom stereocenters. The Morgan fingerprint density at radius 1 is 0.544 bits per heavy atom. The molecule has 13 nitrogen and oxygen atoms in total. The lowest BCUT2D eigenvalue weighted by Gasteiger charge is -2.41. The molecule has 0 spiro atoms. The molecular weight excluding hydrogens is 755 g/mol. The van der Waals surface area contributed by atoms with Gasteiger partial charge in [-0.1, -0.05) is 154 Å². The van der Waals surface area contributed by atoms with Crippen LogP contribution in [0.1, 0.15) is 181 Å². The summed E-state index contributed by atoms with van der Waals surface area (Å²) in [6.07, 6.45) is 22.4. The highest BCUT2D eigenvalue weighted by Gasteiger charge is 2.51. The average Bonchev–Trinajstić information content (AvgIpc) is 3.19. The van der Waals surface area contributed by atoms with Gasteiger partial charge in [-0.05, 0) is 38.5 Å². The molecule has 1 aliphatic carbocycles. The Kier molecular flexibility index (Phi) is 31.9. The number of phosphoric acid groups is 1. The topological polar surface area (TPSA) is 210 Å². The van der Waals surface area contributed by atoms with E-state index in [2.05, 4.69) is 38.2 Å². The monoisotopic (exact) mass is 835 g/mol. The van der Waals surface area contributed by atoms with Crippen LogP contribution in [0, 0.1) is 0 Å². The number of phosphoric ester groups is 1. The van der Waals surface area contributed by atoms with Crippen molar-refractivity contribution in [1.29, 1.82) is 0 Å². The van der Waals surface area contributed by atoms with Gasteiger partial charge in [-0.15, -0.1) is 0 Å². The largest absolute Gasteiger partial charge is 0.472 e. The number of esters is 2. The maximum absolute atomic E-state index is 12.8. The molecule has 1 saturated carbocycles. The van der Waals surface area contributed by atoms with Crippen LogP contribution in [0.2, 0.25) is 0 Å². The summed E-state index contributed by atoms with van der Waals surface area (Å²) >= 11 is 0. The molecule has 6 unspecified atom stereocenters. The minimum atomic E-state index is -5.11. The molecule has 0 heterocycles. The van der Waals surface area contributed by atoms with E-state index in [1.807, 2.05) is 0 Å². The van der Waals surface area contributed by atoms with E-state index in [4.69, 9.17) is 18.5 Å². The zero-order chi connectivity index (χ0) is 42.2. The zero-order valence-corrected chi connectivity index (χ0v) is 36.0. The van der Waals surface area contributed by atoms with Crippen molar-refractivity contribution < 1.29 is 63.1 Å². The highest BCUT2D eigenvalue weighted by molar-refractivity contribution is 7.47. The third kappa shape index (κ3) is 26.9. The van der Waals surface area contributed by atoms with E-state index in [1.165, 1.54) is 70.6 Å². The summed E-state index contributed by atoms with van der Waals surface area (Å²) in [5, 5.41) is 50.1. The molecule has 0 saturated heterocycles. The van der Waals surface area contributed by atoms with Gasteiger partial charge in [-0.25, -0.2) is 4.57 Å². The summed E-state index contributed by atoms with van der Waals surface area (Å²) in [5.41, 5.74) is 0. The first kappa shape index (κ1) is 53.3. The Morgan fingerprint density at radius 3 is 1.49 bits per heavy atom. The van der Waals surface area contributed by atoms with Gasteiger partial charge in [0.1, 0.15) is 43.2 Å². The fraction of sp³-hybridized carbons (Fsp3) is 0.860. The lowest BCUT2D eigenvalue weighted by atomic mass is 9.85. The molecule has 0 aromatic heterocycles.